The maximum absolute atomic E-state index is 17.1. The number of halogens is 2. The Hall–Kier alpha value is -5.64. The Bertz CT molecular complexity index is 2320. The third-order valence-corrected chi connectivity index (χ3v) is 9.66. The molecule has 1 fully saturated rings. The molecule has 2 aromatic heterocycles. The molecule has 0 radical (unpaired) electrons. The summed E-state index contributed by atoms with van der Waals surface area (Å²) < 4.78 is 45.9. The highest BCUT2D eigenvalue weighted by atomic mass is 19.1. The van der Waals surface area contributed by atoms with E-state index in [9.17, 15) is 24.3 Å². The Labute approximate surface area is 343 Å². The molecule has 4 aromatic rings. The highest BCUT2D eigenvalue weighted by Crippen LogP contribution is 2.39. The van der Waals surface area contributed by atoms with Crippen molar-refractivity contribution in [3.63, 3.8) is 0 Å². The summed E-state index contributed by atoms with van der Waals surface area (Å²) in [7, 11) is 3.89. The number of pyridine rings is 1. The Kier molecular flexibility index (Phi) is 12.5. The smallest absolute Gasteiger partial charge is 0.424 e. The number of carbonyl (C=O) groups is 3. The zero-order valence-electron chi connectivity index (χ0n) is 36.1. The maximum atomic E-state index is 17.1. The Balaban J connectivity index is 1.90. The fraction of sp³-hybridized carbons (Fsp3) is 0.488. The van der Waals surface area contributed by atoms with Crippen LogP contribution in [-0.2, 0) is 16.0 Å². The number of carboxylic acid groups (broad SMARTS) is 1. The number of benzene rings is 2. The molecule has 59 heavy (non-hydrogen) atoms. The lowest BCUT2D eigenvalue weighted by atomic mass is 9.94. The summed E-state index contributed by atoms with van der Waals surface area (Å²) in [5, 5.41) is 9.94. The summed E-state index contributed by atoms with van der Waals surface area (Å²) in [6.07, 6.45) is -3.51. The number of nitrogens with zero attached hydrogens (tertiary/aromatic N) is 7. The van der Waals surface area contributed by atoms with E-state index in [1.54, 1.807) is 60.3 Å². The van der Waals surface area contributed by atoms with Crippen LogP contribution in [0.5, 0.6) is 0 Å². The van der Waals surface area contributed by atoms with Gasteiger partial charge < -0.3 is 29.3 Å². The summed E-state index contributed by atoms with van der Waals surface area (Å²) in [6.45, 7) is 19.6. The molecule has 1 N–H and O–H groups in total. The largest absolute Gasteiger partial charge is 0.465 e. The molecule has 1 aliphatic heterocycles. The van der Waals surface area contributed by atoms with Crippen molar-refractivity contribution in [1.29, 1.82) is 0 Å². The Morgan fingerprint density at radius 1 is 0.915 bits per heavy atom. The number of ether oxygens (including phenoxy) is 2. The molecule has 5 rings (SSSR count). The van der Waals surface area contributed by atoms with E-state index < -0.39 is 75.8 Å². The Morgan fingerprint density at radius 3 is 2.07 bits per heavy atom. The summed E-state index contributed by atoms with van der Waals surface area (Å²) in [4.78, 5) is 69.1. The summed E-state index contributed by atoms with van der Waals surface area (Å²) in [5.41, 5.74) is -1.73. The van der Waals surface area contributed by atoms with Crippen molar-refractivity contribution in [2.45, 2.75) is 112 Å². The number of hydrogen-bond donors (Lipinski definition) is 1. The Morgan fingerprint density at radius 2 is 1.53 bits per heavy atom. The molecule has 14 nitrogen and oxygen atoms in total. The van der Waals surface area contributed by atoms with Crippen molar-refractivity contribution in [2.75, 3.05) is 37.0 Å². The lowest BCUT2D eigenvalue weighted by molar-refractivity contribution is 0.0430. The summed E-state index contributed by atoms with van der Waals surface area (Å²) in [5.74, 6) is -2.15. The van der Waals surface area contributed by atoms with Gasteiger partial charge in [-0.2, -0.15) is 9.88 Å². The number of piperazine rings is 1. The molecule has 318 valence electrons. The van der Waals surface area contributed by atoms with E-state index in [0.29, 0.717) is 22.7 Å². The van der Waals surface area contributed by atoms with Crippen molar-refractivity contribution in [2.24, 2.45) is 0 Å². The quantitative estimate of drug-likeness (QED) is 0.191. The van der Waals surface area contributed by atoms with Gasteiger partial charge in [0.05, 0.1) is 22.3 Å². The van der Waals surface area contributed by atoms with Crippen LogP contribution in [0.4, 0.5) is 34.7 Å². The molecule has 2 aromatic carbocycles. The first-order valence-corrected chi connectivity index (χ1v) is 19.5. The van der Waals surface area contributed by atoms with E-state index in [1.807, 2.05) is 51.9 Å². The van der Waals surface area contributed by atoms with Crippen LogP contribution in [0.25, 0.3) is 28.0 Å². The van der Waals surface area contributed by atoms with Gasteiger partial charge in [-0.1, -0.05) is 32.0 Å². The third kappa shape index (κ3) is 9.48. The van der Waals surface area contributed by atoms with Crippen LogP contribution >= 0.6 is 0 Å². The first kappa shape index (κ1) is 44.5. The number of aryl methyl sites for hydroxylation is 1. The van der Waals surface area contributed by atoms with E-state index in [4.69, 9.17) is 14.5 Å². The van der Waals surface area contributed by atoms with Crippen molar-refractivity contribution in [1.82, 2.24) is 24.3 Å². The second kappa shape index (κ2) is 16.5. The number of anilines is 2. The van der Waals surface area contributed by atoms with Crippen LogP contribution in [0.15, 0.2) is 41.2 Å². The standard InChI is InChI=1S/C43H55F2N7O7/c1-23(2)28-18-27(22-48(12)13)17-24(3)35(28)52-37-29(36(47-38(52)53)49-20-26(5)50(39(54)55)21-25(49)4)19-31(45)34(46-37)33-30(44)15-14-16-32(33)51(40(56)58-42(6,7)8)41(57)59-43(9,10)11/h14-19,23,25-26H,20-22H2,1-13H3,(H,54,55)/t25-,26+/m0/s1. The van der Waals surface area contributed by atoms with Crippen LogP contribution in [0.3, 0.4) is 0 Å². The number of fused-ring (bicyclic) bond motifs is 1. The summed E-state index contributed by atoms with van der Waals surface area (Å²) >= 11 is 0. The van der Waals surface area contributed by atoms with Crippen LogP contribution in [-0.4, -0.2) is 98.2 Å². The first-order valence-electron chi connectivity index (χ1n) is 19.5. The highest BCUT2D eigenvalue weighted by Gasteiger charge is 2.38. The van der Waals surface area contributed by atoms with E-state index in [2.05, 4.69) is 4.98 Å². The SMILES string of the molecule is Cc1cc(CN(C)C)cc(C(C)C)c1-n1c(=O)nc(N2C[C@@H](C)N(C(=O)O)C[C@@H]2C)c2cc(F)c(-c3c(F)cccc3N(C(=O)OC(C)(C)C)C(=O)OC(C)(C)C)nc21. The van der Waals surface area contributed by atoms with Crippen molar-refractivity contribution < 1.29 is 37.7 Å². The summed E-state index contributed by atoms with van der Waals surface area (Å²) in [6, 6.07) is 7.55. The topological polar surface area (TPSA) is 151 Å². The number of imide groups is 1. The minimum absolute atomic E-state index is 0.0643. The van der Waals surface area contributed by atoms with Gasteiger partial charge in [0.25, 0.3) is 0 Å². The van der Waals surface area contributed by atoms with Crippen LogP contribution in [0.2, 0.25) is 0 Å². The maximum Gasteiger partial charge on any atom is 0.424 e. The minimum Gasteiger partial charge on any atom is -0.465 e. The van der Waals surface area contributed by atoms with Gasteiger partial charge in [0, 0.05) is 31.7 Å². The normalized spacial score (nSPS) is 16.2. The van der Waals surface area contributed by atoms with Gasteiger partial charge in [0.1, 0.15) is 28.5 Å². The molecule has 16 heteroatoms. The molecule has 0 spiro atoms. The fourth-order valence-electron chi connectivity index (χ4n) is 7.30. The minimum atomic E-state index is -1.21. The van der Waals surface area contributed by atoms with E-state index in [1.165, 1.54) is 21.6 Å². The molecule has 0 aliphatic carbocycles. The first-order chi connectivity index (χ1) is 27.3. The van der Waals surface area contributed by atoms with E-state index in [-0.39, 0.29) is 35.9 Å². The molecular formula is C43H55F2N7O7. The third-order valence-electron chi connectivity index (χ3n) is 9.66. The predicted octanol–water partition coefficient (Wildman–Crippen LogP) is 8.47. The van der Waals surface area contributed by atoms with Crippen molar-refractivity contribution >= 4 is 40.8 Å². The monoisotopic (exact) mass is 819 g/mol. The van der Waals surface area contributed by atoms with Crippen LogP contribution < -0.4 is 15.5 Å². The van der Waals surface area contributed by atoms with Gasteiger partial charge >= 0.3 is 24.0 Å². The zero-order valence-corrected chi connectivity index (χ0v) is 36.1. The number of carbonyl (C=O) groups excluding carboxylic acids is 2. The number of aromatic nitrogens is 3. The van der Waals surface area contributed by atoms with Crippen LogP contribution in [0, 0.1) is 18.6 Å². The predicted molar refractivity (Wildman–Crippen MR) is 223 cm³/mol. The number of hydrogen-bond acceptors (Lipinski definition) is 10. The molecule has 0 unspecified atom stereocenters. The molecule has 3 amide bonds. The number of rotatable bonds is 7. The second-order valence-electron chi connectivity index (χ2n) is 17.7. The fourth-order valence-corrected chi connectivity index (χ4v) is 7.30. The molecule has 1 aliphatic rings. The second-order valence-corrected chi connectivity index (χ2v) is 17.7. The zero-order chi connectivity index (χ0) is 44.0. The molecule has 0 bridgehead atoms. The average Bonchev–Trinajstić information content (AvgIpc) is 3.07. The van der Waals surface area contributed by atoms with Gasteiger partial charge in [-0.15, -0.1) is 0 Å². The lowest BCUT2D eigenvalue weighted by Crippen LogP contribution is -2.58. The highest BCUT2D eigenvalue weighted by molar-refractivity contribution is 6.12. The van der Waals surface area contributed by atoms with Gasteiger partial charge in [-0.3, -0.25) is 0 Å². The molecular weight excluding hydrogens is 765 g/mol. The molecule has 0 saturated carbocycles. The van der Waals surface area contributed by atoms with Gasteiger partial charge in [0.2, 0.25) is 0 Å². The van der Waals surface area contributed by atoms with Gasteiger partial charge in [-0.25, -0.2) is 37.5 Å². The average molecular weight is 820 g/mol. The lowest BCUT2D eigenvalue weighted by Gasteiger charge is -2.43. The molecule has 1 saturated heterocycles. The van der Waals surface area contributed by atoms with Crippen molar-refractivity contribution in [3.8, 4) is 16.9 Å². The van der Waals surface area contributed by atoms with Gasteiger partial charge in [0.15, 0.2) is 11.5 Å². The van der Waals surface area contributed by atoms with E-state index >= 15 is 8.78 Å². The van der Waals surface area contributed by atoms with Crippen LogP contribution in [0.1, 0.15) is 91.8 Å². The van der Waals surface area contributed by atoms with Gasteiger partial charge in [-0.05, 0) is 117 Å². The van der Waals surface area contributed by atoms with Crippen molar-refractivity contribution in [3.05, 3.63) is 75.2 Å². The molecule has 3 heterocycles. The molecule has 2 atom stereocenters. The van der Waals surface area contributed by atoms with E-state index in [0.717, 1.165) is 23.3 Å². The number of amides is 3.